The Bertz CT molecular complexity index is 356. The first-order valence-corrected chi connectivity index (χ1v) is 7.45. The first kappa shape index (κ1) is 15.8. The summed E-state index contributed by atoms with van der Waals surface area (Å²) in [4.78, 5) is 2.32. The Labute approximate surface area is 118 Å². The average Bonchev–Trinajstić information content (AvgIpc) is 2.46. The van der Waals surface area contributed by atoms with Gasteiger partial charge in [-0.1, -0.05) is 32.1 Å². The van der Waals surface area contributed by atoms with Crippen LogP contribution in [0.1, 0.15) is 45.2 Å². The molecule has 0 fully saturated rings. The molecule has 1 atom stereocenters. The van der Waals surface area contributed by atoms with Gasteiger partial charge >= 0.3 is 0 Å². The van der Waals surface area contributed by atoms with Gasteiger partial charge in [0, 0.05) is 24.8 Å². The molecule has 19 heavy (non-hydrogen) atoms. The molecule has 106 valence electrons. The van der Waals surface area contributed by atoms with E-state index < -0.39 is 0 Å². The molecule has 0 radical (unpaired) electrons. The smallest absolute Gasteiger partial charge is 0.0369 e. The molecule has 1 aromatic carbocycles. The highest BCUT2D eigenvalue weighted by molar-refractivity contribution is 5.48. The van der Waals surface area contributed by atoms with Gasteiger partial charge in [-0.3, -0.25) is 0 Å². The van der Waals surface area contributed by atoms with Gasteiger partial charge in [0.25, 0.3) is 0 Å². The summed E-state index contributed by atoms with van der Waals surface area (Å²) >= 11 is 0. The van der Waals surface area contributed by atoms with E-state index in [1.807, 2.05) is 6.08 Å². The van der Waals surface area contributed by atoms with Crippen LogP contribution in [-0.2, 0) is 0 Å². The lowest BCUT2D eigenvalue weighted by Gasteiger charge is -2.23. The Hall–Kier alpha value is -1.28. The third-order valence-electron chi connectivity index (χ3n) is 3.44. The maximum absolute atomic E-state index is 3.82. The summed E-state index contributed by atoms with van der Waals surface area (Å²) in [6, 6.07) is 9.41. The fraction of sp³-hybridized carbons (Fsp3) is 0.529. The van der Waals surface area contributed by atoms with Crippen molar-refractivity contribution in [2.24, 2.45) is 0 Å². The van der Waals surface area contributed by atoms with Crippen LogP contribution in [0.25, 0.3) is 0 Å². The fourth-order valence-electron chi connectivity index (χ4n) is 2.31. The molecular formula is C17H28N2. The van der Waals surface area contributed by atoms with Crippen LogP contribution in [0.2, 0.25) is 0 Å². The second-order valence-electron chi connectivity index (χ2n) is 4.83. The molecule has 1 unspecified atom stereocenters. The van der Waals surface area contributed by atoms with Gasteiger partial charge in [0.15, 0.2) is 0 Å². The van der Waals surface area contributed by atoms with Crippen molar-refractivity contribution >= 4 is 5.69 Å². The Morgan fingerprint density at radius 2 is 1.89 bits per heavy atom. The number of nitrogens with one attached hydrogen (secondary N) is 1. The summed E-state index contributed by atoms with van der Waals surface area (Å²) in [5.74, 6) is 0. The van der Waals surface area contributed by atoms with Crippen molar-refractivity contribution in [3.63, 3.8) is 0 Å². The van der Waals surface area contributed by atoms with Crippen LogP contribution in [0.3, 0.4) is 0 Å². The largest absolute Gasteiger partial charge is 0.368 e. The molecule has 0 heterocycles. The fourth-order valence-corrected chi connectivity index (χ4v) is 2.31. The maximum Gasteiger partial charge on any atom is 0.0369 e. The van der Waals surface area contributed by atoms with Crippen molar-refractivity contribution < 1.29 is 0 Å². The number of likely N-dealkylation sites (N-methyl/N-ethyl adjacent to an activating group) is 1. The van der Waals surface area contributed by atoms with Crippen LogP contribution in [0.15, 0.2) is 36.9 Å². The van der Waals surface area contributed by atoms with E-state index in [9.17, 15) is 0 Å². The van der Waals surface area contributed by atoms with E-state index in [4.69, 9.17) is 0 Å². The van der Waals surface area contributed by atoms with Gasteiger partial charge in [0.1, 0.15) is 0 Å². The standard InChI is InChI=1S/C17H28N2/c1-5-13-18-17(7-3)15-9-11-16(12-10-15)19(8-4)14-6-2/h6,9-12,17-18H,2,5,7-8,13-14H2,1,3-4H3. The summed E-state index contributed by atoms with van der Waals surface area (Å²) in [6.45, 7) is 13.4. The maximum atomic E-state index is 3.82. The Kier molecular flexibility index (Phi) is 7.27. The molecule has 0 bridgehead atoms. The van der Waals surface area contributed by atoms with Crippen LogP contribution in [0.5, 0.6) is 0 Å². The van der Waals surface area contributed by atoms with E-state index in [2.05, 4.69) is 61.8 Å². The van der Waals surface area contributed by atoms with Gasteiger partial charge in [0.2, 0.25) is 0 Å². The first-order valence-electron chi connectivity index (χ1n) is 7.45. The molecule has 0 saturated heterocycles. The summed E-state index contributed by atoms with van der Waals surface area (Å²) in [7, 11) is 0. The van der Waals surface area contributed by atoms with E-state index >= 15 is 0 Å². The van der Waals surface area contributed by atoms with E-state index in [0.29, 0.717) is 6.04 Å². The zero-order valence-corrected chi connectivity index (χ0v) is 12.7. The normalized spacial score (nSPS) is 12.2. The van der Waals surface area contributed by atoms with Gasteiger partial charge in [-0.25, -0.2) is 0 Å². The summed E-state index contributed by atoms with van der Waals surface area (Å²) in [5.41, 5.74) is 2.66. The molecule has 1 N–H and O–H groups in total. The number of hydrogen-bond donors (Lipinski definition) is 1. The highest BCUT2D eigenvalue weighted by atomic mass is 15.1. The lowest BCUT2D eigenvalue weighted by atomic mass is 10.0. The van der Waals surface area contributed by atoms with E-state index in [-0.39, 0.29) is 0 Å². The number of anilines is 1. The van der Waals surface area contributed by atoms with Crippen molar-refractivity contribution in [3.05, 3.63) is 42.5 Å². The minimum absolute atomic E-state index is 0.475. The van der Waals surface area contributed by atoms with Gasteiger partial charge in [-0.2, -0.15) is 0 Å². The second-order valence-corrected chi connectivity index (χ2v) is 4.83. The molecule has 0 amide bonds. The molecule has 1 rings (SSSR count). The third kappa shape index (κ3) is 4.71. The lowest BCUT2D eigenvalue weighted by Crippen LogP contribution is -2.23. The van der Waals surface area contributed by atoms with E-state index in [1.165, 1.54) is 17.7 Å². The second kappa shape index (κ2) is 8.76. The highest BCUT2D eigenvalue weighted by Gasteiger charge is 2.09. The minimum atomic E-state index is 0.475. The molecular weight excluding hydrogens is 232 g/mol. The number of rotatable bonds is 9. The molecule has 0 aromatic heterocycles. The Morgan fingerprint density at radius 1 is 1.21 bits per heavy atom. The first-order chi connectivity index (χ1) is 9.26. The van der Waals surface area contributed by atoms with Gasteiger partial charge in [-0.15, -0.1) is 6.58 Å². The van der Waals surface area contributed by atoms with Crippen LogP contribution < -0.4 is 10.2 Å². The molecule has 0 spiro atoms. The highest BCUT2D eigenvalue weighted by Crippen LogP contribution is 2.21. The zero-order valence-electron chi connectivity index (χ0n) is 12.7. The molecule has 0 aliphatic carbocycles. The van der Waals surface area contributed by atoms with Crippen molar-refractivity contribution in [3.8, 4) is 0 Å². The molecule has 2 nitrogen and oxygen atoms in total. The van der Waals surface area contributed by atoms with Crippen LogP contribution in [0, 0.1) is 0 Å². The predicted molar refractivity (Wildman–Crippen MR) is 85.9 cm³/mol. The molecule has 2 heteroatoms. The van der Waals surface area contributed by atoms with E-state index in [1.54, 1.807) is 0 Å². The van der Waals surface area contributed by atoms with Crippen molar-refractivity contribution in [1.29, 1.82) is 0 Å². The summed E-state index contributed by atoms with van der Waals surface area (Å²) < 4.78 is 0. The van der Waals surface area contributed by atoms with Crippen molar-refractivity contribution in [2.75, 3.05) is 24.5 Å². The van der Waals surface area contributed by atoms with Crippen molar-refractivity contribution in [2.45, 2.75) is 39.7 Å². The van der Waals surface area contributed by atoms with Crippen molar-refractivity contribution in [1.82, 2.24) is 5.32 Å². The molecule has 0 aliphatic rings. The molecule has 0 saturated carbocycles. The zero-order chi connectivity index (χ0) is 14.1. The van der Waals surface area contributed by atoms with Crippen LogP contribution in [0.4, 0.5) is 5.69 Å². The number of benzene rings is 1. The SMILES string of the molecule is C=CCN(CC)c1ccc(C(CC)NCCC)cc1. The van der Waals surface area contributed by atoms with Gasteiger partial charge in [-0.05, 0) is 44.0 Å². The summed E-state index contributed by atoms with van der Waals surface area (Å²) in [5, 5.41) is 3.59. The van der Waals surface area contributed by atoms with Crippen LogP contribution in [-0.4, -0.2) is 19.6 Å². The number of nitrogens with zero attached hydrogens (tertiary/aromatic N) is 1. The predicted octanol–water partition coefficient (Wildman–Crippen LogP) is 4.15. The molecule has 0 aliphatic heterocycles. The topological polar surface area (TPSA) is 15.3 Å². The number of hydrogen-bond acceptors (Lipinski definition) is 2. The Balaban J connectivity index is 2.75. The van der Waals surface area contributed by atoms with Crippen LogP contribution >= 0.6 is 0 Å². The Morgan fingerprint density at radius 3 is 2.37 bits per heavy atom. The minimum Gasteiger partial charge on any atom is -0.368 e. The monoisotopic (exact) mass is 260 g/mol. The quantitative estimate of drug-likeness (QED) is 0.671. The van der Waals surface area contributed by atoms with Gasteiger partial charge in [0.05, 0.1) is 0 Å². The lowest BCUT2D eigenvalue weighted by molar-refractivity contribution is 0.518. The third-order valence-corrected chi connectivity index (χ3v) is 3.44. The average molecular weight is 260 g/mol. The van der Waals surface area contributed by atoms with E-state index in [0.717, 1.165) is 26.1 Å². The van der Waals surface area contributed by atoms with Gasteiger partial charge < -0.3 is 10.2 Å². The summed E-state index contributed by atoms with van der Waals surface area (Å²) in [6.07, 6.45) is 4.26. The molecule has 1 aromatic rings.